The van der Waals surface area contributed by atoms with Crippen molar-refractivity contribution in [3.8, 4) is 0 Å². The van der Waals surface area contributed by atoms with E-state index in [-0.39, 0.29) is 0 Å². The second-order valence-electron chi connectivity index (χ2n) is 5.65. The Morgan fingerprint density at radius 2 is 2.00 bits per heavy atom. The lowest BCUT2D eigenvalue weighted by Crippen LogP contribution is -2.27. The van der Waals surface area contributed by atoms with E-state index in [2.05, 4.69) is 57.0 Å². The summed E-state index contributed by atoms with van der Waals surface area (Å²) >= 11 is 0. The first-order valence-electron chi connectivity index (χ1n) is 6.96. The minimum absolute atomic E-state index is 0.645. The molecule has 0 unspecified atom stereocenters. The molecule has 0 spiro atoms. The fraction of sp³-hybridized carbons (Fsp3) is 0.625. The van der Waals surface area contributed by atoms with E-state index in [1.165, 1.54) is 24.9 Å². The zero-order chi connectivity index (χ0) is 12.4. The zero-order valence-electron chi connectivity index (χ0n) is 11.6. The van der Waals surface area contributed by atoms with Gasteiger partial charge in [-0.1, -0.05) is 44.9 Å². The number of likely N-dealkylation sites (N-methyl/N-ethyl adjacent to an activating group) is 1. The van der Waals surface area contributed by atoms with Gasteiger partial charge in [-0.3, -0.25) is 0 Å². The molecule has 0 aliphatic carbocycles. The lowest BCUT2D eigenvalue weighted by atomic mass is 9.85. The number of hydrogen-bond donors (Lipinski definition) is 0. The predicted molar refractivity (Wildman–Crippen MR) is 75.7 cm³/mol. The first-order valence-corrected chi connectivity index (χ1v) is 6.96. The smallest absolute Gasteiger partial charge is 0.0402 e. The van der Waals surface area contributed by atoms with Crippen molar-refractivity contribution < 1.29 is 0 Å². The maximum atomic E-state index is 2.44. The quantitative estimate of drug-likeness (QED) is 0.740. The molecule has 1 heteroatoms. The van der Waals surface area contributed by atoms with Gasteiger partial charge < -0.3 is 4.90 Å². The Kier molecular flexibility index (Phi) is 3.76. The van der Waals surface area contributed by atoms with Crippen LogP contribution in [0.25, 0.3) is 0 Å². The van der Waals surface area contributed by atoms with Gasteiger partial charge in [0.05, 0.1) is 0 Å². The van der Waals surface area contributed by atoms with E-state index >= 15 is 0 Å². The van der Waals surface area contributed by atoms with Crippen LogP contribution >= 0.6 is 0 Å². The van der Waals surface area contributed by atoms with Crippen molar-refractivity contribution in [1.82, 2.24) is 0 Å². The third-order valence-electron chi connectivity index (χ3n) is 4.35. The Hall–Kier alpha value is -0.980. The van der Waals surface area contributed by atoms with E-state index in [1.54, 1.807) is 5.56 Å². The van der Waals surface area contributed by atoms with Gasteiger partial charge in [-0.15, -0.1) is 0 Å². The number of hydrogen-bond acceptors (Lipinski definition) is 1. The van der Waals surface area contributed by atoms with Crippen molar-refractivity contribution in [2.45, 2.75) is 52.0 Å². The van der Waals surface area contributed by atoms with Crippen LogP contribution in [0.4, 0.5) is 5.69 Å². The zero-order valence-corrected chi connectivity index (χ0v) is 11.6. The van der Waals surface area contributed by atoms with Crippen molar-refractivity contribution in [3.05, 3.63) is 29.8 Å². The maximum Gasteiger partial charge on any atom is 0.0402 e. The molecule has 0 N–H and O–H groups in total. The third-order valence-corrected chi connectivity index (χ3v) is 4.35. The Balaban J connectivity index is 2.18. The van der Waals surface area contributed by atoms with E-state index in [4.69, 9.17) is 0 Å². The van der Waals surface area contributed by atoms with Crippen molar-refractivity contribution in [3.63, 3.8) is 0 Å². The molecule has 3 atom stereocenters. The summed E-state index contributed by atoms with van der Waals surface area (Å²) in [5.74, 6) is 1.56. The number of rotatable bonds is 4. The molecule has 1 aliphatic rings. The molecule has 1 nitrogen and oxygen atoms in total. The summed E-state index contributed by atoms with van der Waals surface area (Å²) in [6.07, 6.45) is 3.99. The predicted octanol–water partition coefficient (Wildman–Crippen LogP) is 4.43. The summed E-state index contributed by atoms with van der Waals surface area (Å²) in [6, 6.07) is 9.56. The second-order valence-corrected chi connectivity index (χ2v) is 5.65. The molecule has 2 rings (SSSR count). The van der Waals surface area contributed by atoms with Crippen LogP contribution in [0.2, 0.25) is 0 Å². The van der Waals surface area contributed by atoms with Crippen LogP contribution in [0.1, 0.15) is 51.5 Å². The molecule has 0 fully saturated rings. The van der Waals surface area contributed by atoms with Crippen LogP contribution in [-0.4, -0.2) is 13.1 Å². The summed E-state index contributed by atoms with van der Waals surface area (Å²) in [6.45, 7) is 7.05. The lowest BCUT2D eigenvalue weighted by molar-refractivity contribution is 0.412. The highest BCUT2D eigenvalue weighted by Crippen LogP contribution is 2.43. The van der Waals surface area contributed by atoms with Gasteiger partial charge in [-0.25, -0.2) is 0 Å². The molecule has 0 saturated heterocycles. The van der Waals surface area contributed by atoms with Gasteiger partial charge in [-0.2, -0.15) is 0 Å². The van der Waals surface area contributed by atoms with Crippen LogP contribution in [0.3, 0.4) is 0 Å². The van der Waals surface area contributed by atoms with Gasteiger partial charge in [0.1, 0.15) is 0 Å². The van der Waals surface area contributed by atoms with Gasteiger partial charge in [-0.05, 0) is 30.9 Å². The highest BCUT2D eigenvalue weighted by Gasteiger charge is 2.33. The van der Waals surface area contributed by atoms with Crippen LogP contribution in [0.15, 0.2) is 24.3 Å². The minimum Gasteiger partial charge on any atom is -0.371 e. The summed E-state index contributed by atoms with van der Waals surface area (Å²) < 4.78 is 0. The fourth-order valence-electron chi connectivity index (χ4n) is 3.24. The van der Waals surface area contributed by atoms with Crippen molar-refractivity contribution >= 4 is 5.69 Å². The molecule has 0 radical (unpaired) electrons. The normalized spacial score (nSPS) is 24.8. The molecule has 1 heterocycles. The maximum absolute atomic E-state index is 2.44. The highest BCUT2D eigenvalue weighted by atomic mass is 15.2. The molecule has 0 aromatic heterocycles. The van der Waals surface area contributed by atoms with E-state index < -0.39 is 0 Å². The summed E-state index contributed by atoms with van der Waals surface area (Å²) in [5.41, 5.74) is 3.00. The van der Waals surface area contributed by atoms with Crippen LogP contribution < -0.4 is 4.90 Å². The van der Waals surface area contributed by atoms with Gasteiger partial charge in [0.15, 0.2) is 0 Å². The first kappa shape index (κ1) is 12.5. The molecule has 94 valence electrons. The Labute approximate surface area is 106 Å². The van der Waals surface area contributed by atoms with Crippen molar-refractivity contribution in [1.29, 1.82) is 0 Å². The van der Waals surface area contributed by atoms with Gasteiger partial charge in [0, 0.05) is 24.7 Å². The molecular weight excluding hydrogens is 206 g/mol. The Morgan fingerprint density at radius 1 is 1.29 bits per heavy atom. The third kappa shape index (κ3) is 2.34. The minimum atomic E-state index is 0.645. The van der Waals surface area contributed by atoms with Crippen LogP contribution in [0, 0.1) is 5.92 Å². The van der Waals surface area contributed by atoms with Gasteiger partial charge >= 0.3 is 0 Å². The largest absolute Gasteiger partial charge is 0.371 e. The van der Waals surface area contributed by atoms with Crippen molar-refractivity contribution in [2.75, 3.05) is 11.9 Å². The number of benzene rings is 1. The molecular formula is C16H25N. The van der Waals surface area contributed by atoms with Crippen molar-refractivity contribution in [2.24, 2.45) is 5.92 Å². The van der Waals surface area contributed by atoms with E-state index in [0.717, 1.165) is 11.8 Å². The monoisotopic (exact) mass is 231 g/mol. The number of nitrogens with zero attached hydrogens (tertiary/aromatic N) is 1. The Morgan fingerprint density at radius 3 is 2.71 bits per heavy atom. The lowest BCUT2D eigenvalue weighted by Gasteiger charge is -2.25. The van der Waals surface area contributed by atoms with E-state index in [0.29, 0.717) is 6.04 Å². The Bertz CT molecular complexity index is 372. The summed E-state index contributed by atoms with van der Waals surface area (Å²) in [4.78, 5) is 2.44. The van der Waals surface area contributed by atoms with Crippen LogP contribution in [-0.2, 0) is 0 Å². The first-order chi connectivity index (χ1) is 8.15. The fourth-order valence-corrected chi connectivity index (χ4v) is 3.24. The van der Waals surface area contributed by atoms with E-state index in [9.17, 15) is 0 Å². The summed E-state index contributed by atoms with van der Waals surface area (Å²) in [5, 5.41) is 0. The van der Waals surface area contributed by atoms with Crippen LogP contribution in [0.5, 0.6) is 0 Å². The molecule has 1 aromatic carbocycles. The molecule has 0 bridgehead atoms. The number of anilines is 1. The topological polar surface area (TPSA) is 3.24 Å². The number of para-hydroxylation sites is 1. The van der Waals surface area contributed by atoms with Gasteiger partial charge in [0.25, 0.3) is 0 Å². The average molecular weight is 231 g/mol. The standard InChI is InChI=1S/C16H25N/c1-5-8-12(2)11-15-13(3)17(4)16-10-7-6-9-14(15)16/h6-7,9-10,12-13,15H,5,8,11H2,1-4H3/t12-,13+,15-/m1/s1. The van der Waals surface area contributed by atoms with E-state index in [1.807, 2.05) is 0 Å². The van der Waals surface area contributed by atoms with Gasteiger partial charge in [0.2, 0.25) is 0 Å². The number of fused-ring (bicyclic) bond motifs is 1. The molecule has 17 heavy (non-hydrogen) atoms. The molecule has 0 amide bonds. The average Bonchev–Trinajstić information content (AvgIpc) is 2.56. The molecule has 0 saturated carbocycles. The molecule has 1 aliphatic heterocycles. The summed E-state index contributed by atoms with van der Waals surface area (Å²) in [7, 11) is 2.23. The molecule has 1 aromatic rings. The second kappa shape index (κ2) is 5.12. The highest BCUT2D eigenvalue weighted by molar-refractivity contribution is 5.60. The SMILES string of the molecule is CCC[C@@H](C)C[C@H]1c2ccccc2N(C)[C@H]1C.